The van der Waals surface area contributed by atoms with Crippen LogP contribution in [0.15, 0.2) is 24.3 Å². The van der Waals surface area contributed by atoms with Gasteiger partial charge in [-0.25, -0.2) is 0 Å². The Labute approximate surface area is 110 Å². The van der Waals surface area contributed by atoms with Crippen LogP contribution in [0.4, 0.5) is 13.2 Å². The van der Waals surface area contributed by atoms with Crippen LogP contribution >= 0.6 is 0 Å². The summed E-state index contributed by atoms with van der Waals surface area (Å²) in [5.41, 5.74) is 5.81. The summed E-state index contributed by atoms with van der Waals surface area (Å²) in [7, 11) is 0. The molecule has 1 aliphatic rings. The first-order valence-corrected chi connectivity index (χ1v) is 6.39. The lowest BCUT2D eigenvalue weighted by molar-refractivity contribution is -0.137. The molecule has 0 spiro atoms. The Morgan fingerprint density at radius 3 is 2.47 bits per heavy atom. The number of nitrogens with two attached hydrogens (primary N) is 1. The number of ether oxygens (including phenoxy) is 1. The van der Waals surface area contributed by atoms with Crippen molar-refractivity contribution in [2.45, 2.75) is 25.4 Å². The number of rotatable bonds is 3. The largest absolute Gasteiger partial charge is 0.416 e. The topological polar surface area (TPSA) is 35.2 Å². The third-order valence-corrected chi connectivity index (χ3v) is 3.82. The van der Waals surface area contributed by atoms with Crippen LogP contribution < -0.4 is 5.73 Å². The Morgan fingerprint density at radius 1 is 1.21 bits per heavy atom. The highest BCUT2D eigenvalue weighted by Crippen LogP contribution is 2.35. The first kappa shape index (κ1) is 14.3. The molecule has 2 N–H and O–H groups in total. The van der Waals surface area contributed by atoms with Gasteiger partial charge in [0.2, 0.25) is 0 Å². The number of halogens is 3. The van der Waals surface area contributed by atoms with Gasteiger partial charge in [-0.05, 0) is 42.9 Å². The molecular weight excluding hydrogens is 255 g/mol. The normalized spacial score (nSPS) is 19.4. The first-order valence-electron chi connectivity index (χ1n) is 6.39. The SMILES string of the molecule is NCC1(Cc2cccc(C(F)(F)F)c2)CCOCC1. The highest BCUT2D eigenvalue weighted by atomic mass is 19.4. The van der Waals surface area contributed by atoms with Crippen molar-refractivity contribution in [3.8, 4) is 0 Å². The van der Waals surface area contributed by atoms with Crippen LogP contribution in [-0.4, -0.2) is 19.8 Å². The van der Waals surface area contributed by atoms with Crippen LogP contribution in [-0.2, 0) is 17.3 Å². The molecular formula is C14H18F3NO. The number of benzene rings is 1. The van der Waals surface area contributed by atoms with Crippen molar-refractivity contribution >= 4 is 0 Å². The van der Waals surface area contributed by atoms with E-state index in [1.807, 2.05) is 0 Å². The molecule has 1 fully saturated rings. The van der Waals surface area contributed by atoms with Gasteiger partial charge < -0.3 is 10.5 Å². The van der Waals surface area contributed by atoms with Gasteiger partial charge in [0.1, 0.15) is 0 Å². The van der Waals surface area contributed by atoms with Crippen molar-refractivity contribution in [1.82, 2.24) is 0 Å². The Morgan fingerprint density at radius 2 is 1.89 bits per heavy atom. The van der Waals surface area contributed by atoms with E-state index >= 15 is 0 Å². The van der Waals surface area contributed by atoms with Crippen LogP contribution in [0.5, 0.6) is 0 Å². The summed E-state index contributed by atoms with van der Waals surface area (Å²) in [5.74, 6) is 0. The van der Waals surface area contributed by atoms with Crippen LogP contribution in [0, 0.1) is 5.41 Å². The minimum atomic E-state index is -4.29. The van der Waals surface area contributed by atoms with Gasteiger partial charge in [-0.2, -0.15) is 13.2 Å². The van der Waals surface area contributed by atoms with Crippen LogP contribution in [0.25, 0.3) is 0 Å². The van der Waals surface area contributed by atoms with Crippen molar-refractivity contribution in [1.29, 1.82) is 0 Å². The molecule has 0 radical (unpaired) electrons. The van der Waals surface area contributed by atoms with E-state index in [-0.39, 0.29) is 5.41 Å². The second kappa shape index (κ2) is 5.51. The molecule has 1 aliphatic heterocycles. The van der Waals surface area contributed by atoms with E-state index in [1.54, 1.807) is 6.07 Å². The summed E-state index contributed by atoms with van der Waals surface area (Å²) >= 11 is 0. The number of hydrogen-bond donors (Lipinski definition) is 1. The van der Waals surface area contributed by atoms with Crippen LogP contribution in [0.1, 0.15) is 24.0 Å². The zero-order valence-corrected chi connectivity index (χ0v) is 10.7. The number of alkyl halides is 3. The van der Waals surface area contributed by atoms with E-state index < -0.39 is 11.7 Å². The van der Waals surface area contributed by atoms with Crippen molar-refractivity contribution < 1.29 is 17.9 Å². The predicted molar refractivity (Wildman–Crippen MR) is 66.7 cm³/mol. The molecule has 19 heavy (non-hydrogen) atoms. The molecule has 2 rings (SSSR count). The van der Waals surface area contributed by atoms with Crippen molar-refractivity contribution in [3.63, 3.8) is 0 Å². The first-order chi connectivity index (χ1) is 8.95. The Kier molecular flexibility index (Phi) is 4.16. The maximum absolute atomic E-state index is 12.7. The minimum Gasteiger partial charge on any atom is -0.381 e. The smallest absolute Gasteiger partial charge is 0.381 e. The van der Waals surface area contributed by atoms with E-state index in [1.165, 1.54) is 12.1 Å². The molecule has 1 heterocycles. The second-order valence-electron chi connectivity index (χ2n) is 5.19. The van der Waals surface area contributed by atoms with Crippen LogP contribution in [0.2, 0.25) is 0 Å². The quantitative estimate of drug-likeness (QED) is 0.918. The molecule has 106 valence electrons. The summed E-state index contributed by atoms with van der Waals surface area (Å²) < 4.78 is 43.3. The summed E-state index contributed by atoms with van der Waals surface area (Å²) in [6.07, 6.45) is -2.10. The molecule has 0 atom stereocenters. The van der Waals surface area contributed by atoms with E-state index in [2.05, 4.69) is 0 Å². The van der Waals surface area contributed by atoms with Gasteiger partial charge in [0, 0.05) is 13.2 Å². The van der Waals surface area contributed by atoms with Gasteiger partial charge in [-0.15, -0.1) is 0 Å². The zero-order chi connectivity index (χ0) is 13.9. The maximum Gasteiger partial charge on any atom is 0.416 e. The Hall–Kier alpha value is -1.07. The third-order valence-electron chi connectivity index (χ3n) is 3.82. The monoisotopic (exact) mass is 273 g/mol. The highest BCUT2D eigenvalue weighted by molar-refractivity contribution is 5.26. The van der Waals surface area contributed by atoms with Gasteiger partial charge >= 0.3 is 6.18 Å². The molecule has 0 bridgehead atoms. The molecule has 1 aromatic rings. The molecule has 0 amide bonds. The minimum absolute atomic E-state index is 0.123. The average molecular weight is 273 g/mol. The standard InChI is InChI=1S/C14H18F3NO/c15-14(16,17)12-3-1-2-11(8-12)9-13(10-18)4-6-19-7-5-13/h1-3,8H,4-7,9-10,18H2. The molecule has 1 aromatic carbocycles. The molecule has 0 unspecified atom stereocenters. The van der Waals surface area contributed by atoms with Gasteiger partial charge in [-0.3, -0.25) is 0 Å². The molecule has 0 aromatic heterocycles. The lowest BCUT2D eigenvalue weighted by Gasteiger charge is -2.36. The zero-order valence-electron chi connectivity index (χ0n) is 10.7. The van der Waals surface area contributed by atoms with Crippen molar-refractivity contribution in [3.05, 3.63) is 35.4 Å². The van der Waals surface area contributed by atoms with E-state index in [4.69, 9.17) is 10.5 Å². The fraction of sp³-hybridized carbons (Fsp3) is 0.571. The lowest BCUT2D eigenvalue weighted by Crippen LogP contribution is -2.38. The maximum atomic E-state index is 12.7. The summed E-state index contributed by atoms with van der Waals surface area (Å²) in [6.45, 7) is 1.75. The summed E-state index contributed by atoms with van der Waals surface area (Å²) in [4.78, 5) is 0. The van der Waals surface area contributed by atoms with E-state index in [0.29, 0.717) is 31.7 Å². The second-order valence-corrected chi connectivity index (χ2v) is 5.19. The average Bonchev–Trinajstić information content (AvgIpc) is 2.39. The van der Waals surface area contributed by atoms with Gasteiger partial charge in [-0.1, -0.05) is 18.2 Å². The molecule has 1 saturated heterocycles. The van der Waals surface area contributed by atoms with E-state index in [0.717, 1.165) is 18.9 Å². The van der Waals surface area contributed by atoms with Gasteiger partial charge in [0.05, 0.1) is 5.56 Å². The molecule has 5 heteroatoms. The summed E-state index contributed by atoms with van der Waals surface area (Å²) in [5, 5.41) is 0. The molecule has 2 nitrogen and oxygen atoms in total. The Balaban J connectivity index is 2.18. The highest BCUT2D eigenvalue weighted by Gasteiger charge is 2.33. The van der Waals surface area contributed by atoms with Crippen LogP contribution in [0.3, 0.4) is 0 Å². The lowest BCUT2D eigenvalue weighted by atomic mass is 9.75. The van der Waals surface area contributed by atoms with Gasteiger partial charge in [0.15, 0.2) is 0 Å². The number of hydrogen-bond acceptors (Lipinski definition) is 2. The fourth-order valence-electron chi connectivity index (χ4n) is 2.55. The van der Waals surface area contributed by atoms with Crippen molar-refractivity contribution in [2.75, 3.05) is 19.8 Å². The molecule has 0 aliphatic carbocycles. The van der Waals surface area contributed by atoms with Crippen molar-refractivity contribution in [2.24, 2.45) is 11.1 Å². The predicted octanol–water partition coefficient (Wildman–Crippen LogP) is 3.00. The third kappa shape index (κ3) is 3.48. The Bertz CT molecular complexity index is 425. The van der Waals surface area contributed by atoms with Gasteiger partial charge in [0.25, 0.3) is 0 Å². The molecule has 0 saturated carbocycles. The fourth-order valence-corrected chi connectivity index (χ4v) is 2.55. The summed E-state index contributed by atoms with van der Waals surface area (Å²) in [6, 6.07) is 5.53. The van der Waals surface area contributed by atoms with E-state index in [9.17, 15) is 13.2 Å².